The highest BCUT2D eigenvalue weighted by molar-refractivity contribution is 6.38. The predicted octanol–water partition coefficient (Wildman–Crippen LogP) is 3.68. The Morgan fingerprint density at radius 2 is 1.84 bits per heavy atom. The van der Waals surface area contributed by atoms with Gasteiger partial charge in [-0.15, -0.1) is 0 Å². The van der Waals surface area contributed by atoms with Gasteiger partial charge >= 0.3 is 0 Å². The third kappa shape index (κ3) is 5.93. The number of nitrogens with one attached hydrogen (secondary N) is 3. The molecule has 3 N–H and O–H groups in total. The van der Waals surface area contributed by atoms with Crippen LogP contribution in [-0.4, -0.2) is 71.0 Å². The molecule has 2 heterocycles. The molecule has 0 bridgehead atoms. The summed E-state index contributed by atoms with van der Waals surface area (Å²) in [5.41, 5.74) is 1.13. The number of nitrogens with zero attached hydrogens (tertiary/aromatic N) is 1. The van der Waals surface area contributed by atoms with E-state index in [4.69, 9.17) is 4.74 Å². The molecule has 1 aromatic heterocycles. The zero-order valence-electron chi connectivity index (χ0n) is 24.9. The minimum Gasteiger partial charge on any atom is -0.496 e. The number of fused-ring (bicyclic) bond motifs is 2. The zero-order valence-corrected chi connectivity index (χ0v) is 24.9. The van der Waals surface area contributed by atoms with Crippen LogP contribution in [0.5, 0.6) is 5.75 Å². The number of rotatable bonds is 9. The van der Waals surface area contributed by atoms with Gasteiger partial charge in [-0.3, -0.25) is 24.0 Å². The van der Waals surface area contributed by atoms with Gasteiger partial charge in [-0.05, 0) is 75.0 Å². The molecule has 4 aliphatic rings. The first-order valence-corrected chi connectivity index (χ1v) is 16.0. The number of H-pyrrole nitrogens is 1. The summed E-state index contributed by atoms with van der Waals surface area (Å²) in [5.74, 6) is -1.59. The van der Waals surface area contributed by atoms with Crippen molar-refractivity contribution in [2.75, 3.05) is 13.7 Å². The molecule has 43 heavy (non-hydrogen) atoms. The monoisotopic (exact) mass is 590 g/mol. The van der Waals surface area contributed by atoms with Crippen LogP contribution in [0.15, 0.2) is 24.3 Å². The molecule has 0 spiro atoms. The zero-order chi connectivity index (χ0) is 30.1. The molecule has 5 atom stereocenters. The number of likely N-dealkylation sites (tertiary alicyclic amines) is 1. The number of ketones is 2. The van der Waals surface area contributed by atoms with Crippen molar-refractivity contribution in [3.05, 3.63) is 30.0 Å². The molecule has 230 valence electrons. The second kappa shape index (κ2) is 12.5. The van der Waals surface area contributed by atoms with Gasteiger partial charge in [0.15, 0.2) is 0 Å². The van der Waals surface area contributed by atoms with Crippen LogP contribution in [0.4, 0.5) is 0 Å². The van der Waals surface area contributed by atoms with E-state index in [1.54, 1.807) is 18.1 Å². The van der Waals surface area contributed by atoms with E-state index in [1.807, 2.05) is 18.2 Å². The number of methoxy groups -OCH3 is 1. The molecule has 6 rings (SSSR count). The first-order chi connectivity index (χ1) is 20.8. The average Bonchev–Trinajstić information content (AvgIpc) is 3.80. The summed E-state index contributed by atoms with van der Waals surface area (Å²) in [7, 11) is 1.58. The van der Waals surface area contributed by atoms with E-state index >= 15 is 0 Å². The summed E-state index contributed by atoms with van der Waals surface area (Å²) >= 11 is 0. The van der Waals surface area contributed by atoms with Crippen LogP contribution >= 0.6 is 0 Å². The van der Waals surface area contributed by atoms with Crippen LogP contribution in [0.2, 0.25) is 0 Å². The van der Waals surface area contributed by atoms with Crippen LogP contribution in [-0.2, 0) is 19.2 Å². The van der Waals surface area contributed by atoms with Gasteiger partial charge in [-0.1, -0.05) is 31.7 Å². The second-order valence-electron chi connectivity index (χ2n) is 12.9. The number of amides is 3. The fourth-order valence-corrected chi connectivity index (χ4v) is 8.00. The second-order valence-corrected chi connectivity index (χ2v) is 12.9. The standard InChI is InChI=1S/C33H42N4O6/c1-43-28-15-7-13-24-23(28)17-26(35-24)33(42)37-18-20-9-5-12-22(20)29(37)31(40)36-25(16-19-8-6-14-27(19)38)30(39)32(41)34-21-10-3-2-4-11-21/h7,13,15,17,19-22,25,29,35H,2-6,8-12,14,16,18H2,1H3,(H,34,41)(H,36,40). The van der Waals surface area contributed by atoms with Crippen molar-refractivity contribution >= 4 is 40.2 Å². The molecular formula is C33H42N4O6. The third-order valence-electron chi connectivity index (χ3n) is 10.2. The maximum Gasteiger partial charge on any atom is 0.289 e. The molecule has 3 amide bonds. The van der Waals surface area contributed by atoms with Gasteiger partial charge in [0, 0.05) is 35.8 Å². The Morgan fingerprint density at radius 1 is 1.02 bits per heavy atom. The Morgan fingerprint density at radius 3 is 2.58 bits per heavy atom. The minimum absolute atomic E-state index is 0.0252. The van der Waals surface area contributed by atoms with Gasteiger partial charge in [0.2, 0.25) is 11.7 Å². The van der Waals surface area contributed by atoms with E-state index in [-0.39, 0.29) is 41.9 Å². The SMILES string of the molecule is COc1cccc2[nH]c(C(=O)N3CC4CCCC4C3C(=O)NC(CC3CCCC3=O)C(=O)C(=O)NC3CCCCC3)cc12. The Kier molecular flexibility index (Phi) is 8.54. The number of Topliss-reactive ketones (excluding diaryl/α,β-unsaturated/α-hetero) is 2. The van der Waals surface area contributed by atoms with E-state index in [0.717, 1.165) is 68.7 Å². The van der Waals surface area contributed by atoms with Gasteiger partial charge in [-0.25, -0.2) is 0 Å². The van der Waals surface area contributed by atoms with Gasteiger partial charge in [0.05, 0.1) is 13.2 Å². The molecule has 3 aliphatic carbocycles. The molecule has 5 unspecified atom stereocenters. The summed E-state index contributed by atoms with van der Waals surface area (Å²) in [6, 6.07) is 5.38. The van der Waals surface area contributed by atoms with Crippen molar-refractivity contribution < 1.29 is 28.7 Å². The van der Waals surface area contributed by atoms with Crippen molar-refractivity contribution in [2.24, 2.45) is 17.8 Å². The molecule has 1 saturated heterocycles. The average molecular weight is 591 g/mol. The summed E-state index contributed by atoms with van der Waals surface area (Å²) in [6.45, 7) is 0.454. The van der Waals surface area contributed by atoms with Crippen molar-refractivity contribution in [3.63, 3.8) is 0 Å². The lowest BCUT2D eigenvalue weighted by Gasteiger charge is -2.29. The summed E-state index contributed by atoms with van der Waals surface area (Å²) < 4.78 is 5.46. The van der Waals surface area contributed by atoms with E-state index in [9.17, 15) is 24.0 Å². The number of benzene rings is 1. The molecule has 4 fully saturated rings. The molecule has 10 heteroatoms. The maximum absolute atomic E-state index is 14.1. The smallest absolute Gasteiger partial charge is 0.289 e. The predicted molar refractivity (Wildman–Crippen MR) is 159 cm³/mol. The minimum atomic E-state index is -1.11. The molecular weight excluding hydrogens is 548 g/mol. The van der Waals surface area contributed by atoms with Crippen molar-refractivity contribution in [2.45, 2.75) is 95.2 Å². The Bertz CT molecular complexity index is 1410. The van der Waals surface area contributed by atoms with Gasteiger partial charge in [0.25, 0.3) is 11.8 Å². The number of aromatic nitrogens is 1. The largest absolute Gasteiger partial charge is 0.496 e. The van der Waals surface area contributed by atoms with Gasteiger partial charge in [-0.2, -0.15) is 0 Å². The lowest BCUT2D eigenvalue weighted by Crippen LogP contribution is -2.56. The van der Waals surface area contributed by atoms with Crippen molar-refractivity contribution in [3.8, 4) is 5.75 Å². The van der Waals surface area contributed by atoms with E-state index in [2.05, 4.69) is 15.6 Å². The highest BCUT2D eigenvalue weighted by atomic mass is 16.5. The lowest BCUT2D eigenvalue weighted by atomic mass is 9.91. The third-order valence-corrected chi connectivity index (χ3v) is 10.2. The van der Waals surface area contributed by atoms with Crippen molar-refractivity contribution in [1.82, 2.24) is 20.5 Å². The summed E-state index contributed by atoms with van der Waals surface area (Å²) in [6.07, 6.45) is 9.48. The normalized spacial score (nSPS) is 26.3. The number of carbonyl (C=O) groups excluding carboxylic acids is 5. The molecule has 1 aliphatic heterocycles. The summed E-state index contributed by atoms with van der Waals surface area (Å²) in [4.78, 5) is 72.0. The topological polar surface area (TPSA) is 138 Å². The van der Waals surface area contributed by atoms with Crippen LogP contribution in [0.25, 0.3) is 10.9 Å². The molecule has 3 saturated carbocycles. The number of aromatic amines is 1. The first kappa shape index (κ1) is 29.4. The van der Waals surface area contributed by atoms with Crippen LogP contribution in [0, 0.1) is 17.8 Å². The number of hydrogen-bond donors (Lipinski definition) is 3. The number of carbonyl (C=O) groups is 5. The quantitative estimate of drug-likeness (QED) is 0.381. The molecule has 10 nitrogen and oxygen atoms in total. The van der Waals surface area contributed by atoms with Crippen LogP contribution < -0.4 is 15.4 Å². The highest BCUT2D eigenvalue weighted by Crippen LogP contribution is 2.43. The van der Waals surface area contributed by atoms with E-state index in [1.165, 1.54) is 0 Å². The van der Waals surface area contributed by atoms with Crippen molar-refractivity contribution in [1.29, 1.82) is 0 Å². The van der Waals surface area contributed by atoms with Crippen LogP contribution in [0.3, 0.4) is 0 Å². The summed E-state index contributed by atoms with van der Waals surface area (Å²) in [5, 5.41) is 6.56. The number of hydrogen-bond acceptors (Lipinski definition) is 6. The fraction of sp³-hybridized carbons (Fsp3) is 0.606. The molecule has 2 aromatic rings. The lowest BCUT2D eigenvalue weighted by molar-refractivity contribution is -0.141. The maximum atomic E-state index is 14.1. The Labute approximate surface area is 251 Å². The first-order valence-electron chi connectivity index (χ1n) is 16.0. The van der Waals surface area contributed by atoms with Gasteiger partial charge in [0.1, 0.15) is 23.3 Å². The molecule has 0 radical (unpaired) electrons. The van der Waals surface area contributed by atoms with Gasteiger partial charge < -0.3 is 25.3 Å². The molecule has 1 aromatic carbocycles. The highest BCUT2D eigenvalue weighted by Gasteiger charge is 2.50. The Hall–Kier alpha value is -3.69. The van der Waals surface area contributed by atoms with Crippen LogP contribution in [0.1, 0.15) is 87.5 Å². The number of ether oxygens (including phenoxy) is 1. The Balaban J connectivity index is 1.23. The van der Waals surface area contributed by atoms with E-state index in [0.29, 0.717) is 30.8 Å². The van der Waals surface area contributed by atoms with E-state index < -0.39 is 29.7 Å². The fourth-order valence-electron chi connectivity index (χ4n) is 8.00.